The first-order chi connectivity index (χ1) is 10.1. The maximum absolute atomic E-state index is 6.38. The van der Waals surface area contributed by atoms with Crippen LogP contribution in [0, 0.1) is 5.92 Å². The zero-order valence-electron chi connectivity index (χ0n) is 12.5. The van der Waals surface area contributed by atoms with E-state index in [1.807, 2.05) is 6.07 Å². The molecule has 0 unspecified atom stereocenters. The van der Waals surface area contributed by atoms with Crippen molar-refractivity contribution in [3.05, 3.63) is 27.7 Å². The zero-order valence-corrected chi connectivity index (χ0v) is 14.0. The number of halogens is 2. The minimum absolute atomic E-state index is 0.291. The molecule has 0 bridgehead atoms. The monoisotopic (exact) mass is 327 g/mol. The third-order valence-corrected chi connectivity index (χ3v) is 4.99. The van der Waals surface area contributed by atoms with Gasteiger partial charge in [0.25, 0.3) is 0 Å². The summed E-state index contributed by atoms with van der Waals surface area (Å²) in [5.41, 5.74) is 1.08. The third kappa shape index (κ3) is 4.28. The molecular formula is C17H23Cl2NO. The van der Waals surface area contributed by atoms with Gasteiger partial charge in [-0.3, -0.25) is 0 Å². The Hall–Kier alpha value is -0.440. The number of hydrogen-bond acceptors (Lipinski definition) is 2. The number of ether oxygens (including phenoxy) is 1. The van der Waals surface area contributed by atoms with E-state index in [0.717, 1.165) is 36.6 Å². The molecule has 0 aliphatic heterocycles. The standard InChI is InChI=1S/C17H23Cl2NO/c1-11-2-6-15(7-3-11)21-17-12(10-20-14-4-5-14)8-13(18)9-16(17)19/h8-9,11,14-15,20H,2-7,10H2,1H3. The SMILES string of the molecule is CC1CCC(Oc2c(Cl)cc(Cl)cc2CNC2CC2)CC1. The predicted octanol–water partition coefficient (Wildman–Crippen LogP) is 5.20. The fourth-order valence-corrected chi connectivity index (χ4v) is 3.51. The molecule has 2 fully saturated rings. The Bertz CT molecular complexity index is 494. The lowest BCUT2D eigenvalue weighted by atomic mass is 9.89. The molecule has 2 saturated carbocycles. The van der Waals surface area contributed by atoms with Crippen molar-refractivity contribution in [2.24, 2.45) is 5.92 Å². The van der Waals surface area contributed by atoms with E-state index in [1.165, 1.54) is 25.7 Å². The highest BCUT2D eigenvalue weighted by atomic mass is 35.5. The molecule has 2 aliphatic carbocycles. The minimum Gasteiger partial charge on any atom is -0.489 e. The summed E-state index contributed by atoms with van der Waals surface area (Å²) in [5, 5.41) is 4.83. The lowest BCUT2D eigenvalue weighted by Gasteiger charge is -2.28. The van der Waals surface area contributed by atoms with E-state index in [9.17, 15) is 0 Å². The second-order valence-corrected chi connectivity index (χ2v) is 7.37. The van der Waals surface area contributed by atoms with Crippen LogP contribution in [-0.4, -0.2) is 12.1 Å². The van der Waals surface area contributed by atoms with Gasteiger partial charge in [0, 0.05) is 23.2 Å². The second-order valence-electron chi connectivity index (χ2n) is 6.53. The summed E-state index contributed by atoms with van der Waals surface area (Å²) in [6.07, 6.45) is 7.55. The normalized spacial score (nSPS) is 25.9. The molecule has 3 rings (SSSR count). The molecule has 4 heteroatoms. The van der Waals surface area contributed by atoms with Crippen LogP contribution >= 0.6 is 23.2 Å². The Morgan fingerprint density at radius 1 is 1.10 bits per heavy atom. The predicted molar refractivity (Wildman–Crippen MR) is 88.4 cm³/mol. The van der Waals surface area contributed by atoms with Crippen molar-refractivity contribution in [1.82, 2.24) is 5.32 Å². The van der Waals surface area contributed by atoms with Crippen LogP contribution in [0.1, 0.15) is 51.0 Å². The topological polar surface area (TPSA) is 21.3 Å². The lowest BCUT2D eigenvalue weighted by molar-refractivity contribution is 0.134. The Morgan fingerprint density at radius 2 is 1.81 bits per heavy atom. The molecule has 2 nitrogen and oxygen atoms in total. The van der Waals surface area contributed by atoms with Gasteiger partial charge >= 0.3 is 0 Å². The second kappa shape index (κ2) is 6.76. The van der Waals surface area contributed by atoms with Crippen LogP contribution in [-0.2, 0) is 6.54 Å². The molecule has 0 atom stereocenters. The van der Waals surface area contributed by atoms with Crippen LogP contribution in [0.4, 0.5) is 0 Å². The van der Waals surface area contributed by atoms with Crippen molar-refractivity contribution in [3.8, 4) is 5.75 Å². The van der Waals surface area contributed by atoms with E-state index < -0.39 is 0 Å². The summed E-state index contributed by atoms with van der Waals surface area (Å²) in [6.45, 7) is 3.10. The first-order valence-electron chi connectivity index (χ1n) is 8.00. The molecule has 1 aromatic rings. The highest BCUT2D eigenvalue weighted by molar-refractivity contribution is 6.35. The van der Waals surface area contributed by atoms with Gasteiger partial charge in [0.15, 0.2) is 0 Å². The summed E-state index contributed by atoms with van der Waals surface area (Å²) in [7, 11) is 0. The van der Waals surface area contributed by atoms with E-state index in [0.29, 0.717) is 22.2 Å². The first-order valence-corrected chi connectivity index (χ1v) is 8.75. The maximum atomic E-state index is 6.38. The van der Waals surface area contributed by atoms with Crippen molar-refractivity contribution < 1.29 is 4.74 Å². The van der Waals surface area contributed by atoms with E-state index in [4.69, 9.17) is 27.9 Å². The summed E-state index contributed by atoms with van der Waals surface area (Å²) < 4.78 is 6.24. The van der Waals surface area contributed by atoms with Gasteiger partial charge in [-0.1, -0.05) is 30.1 Å². The molecule has 0 heterocycles. The number of rotatable bonds is 5. The number of benzene rings is 1. The largest absolute Gasteiger partial charge is 0.489 e. The molecule has 116 valence electrons. The van der Waals surface area contributed by atoms with E-state index >= 15 is 0 Å². The molecule has 0 saturated heterocycles. The van der Waals surface area contributed by atoms with Crippen LogP contribution in [0.25, 0.3) is 0 Å². The van der Waals surface area contributed by atoms with Gasteiger partial charge in [-0.2, -0.15) is 0 Å². The summed E-state index contributed by atoms with van der Waals surface area (Å²) >= 11 is 12.5. The highest BCUT2D eigenvalue weighted by Gasteiger charge is 2.24. The van der Waals surface area contributed by atoms with Crippen LogP contribution in [0.2, 0.25) is 10.0 Å². The maximum Gasteiger partial charge on any atom is 0.142 e. The van der Waals surface area contributed by atoms with Crippen molar-refractivity contribution in [2.75, 3.05) is 0 Å². The van der Waals surface area contributed by atoms with Gasteiger partial charge in [-0.15, -0.1) is 0 Å². The van der Waals surface area contributed by atoms with Gasteiger partial charge in [-0.25, -0.2) is 0 Å². The van der Waals surface area contributed by atoms with E-state index in [-0.39, 0.29) is 0 Å². The molecular weight excluding hydrogens is 305 g/mol. The molecule has 0 radical (unpaired) electrons. The summed E-state index contributed by atoms with van der Waals surface area (Å²) in [6, 6.07) is 4.42. The minimum atomic E-state index is 0.291. The molecule has 0 spiro atoms. The van der Waals surface area contributed by atoms with Crippen molar-refractivity contribution in [1.29, 1.82) is 0 Å². The average Bonchev–Trinajstić information content (AvgIpc) is 3.26. The third-order valence-electron chi connectivity index (χ3n) is 4.49. The highest BCUT2D eigenvalue weighted by Crippen LogP contribution is 2.36. The van der Waals surface area contributed by atoms with Crippen molar-refractivity contribution in [2.45, 2.75) is 64.1 Å². The number of hydrogen-bond donors (Lipinski definition) is 1. The van der Waals surface area contributed by atoms with Gasteiger partial charge in [0.05, 0.1) is 11.1 Å². The van der Waals surface area contributed by atoms with Gasteiger partial charge in [0.2, 0.25) is 0 Å². The zero-order chi connectivity index (χ0) is 14.8. The lowest BCUT2D eigenvalue weighted by Crippen LogP contribution is -2.24. The van der Waals surface area contributed by atoms with Gasteiger partial charge in [0.1, 0.15) is 5.75 Å². The molecule has 0 amide bonds. The fraction of sp³-hybridized carbons (Fsp3) is 0.647. The molecule has 0 aromatic heterocycles. The smallest absolute Gasteiger partial charge is 0.142 e. The molecule has 1 aromatic carbocycles. The van der Waals surface area contributed by atoms with Crippen molar-refractivity contribution >= 4 is 23.2 Å². The number of nitrogens with one attached hydrogen (secondary N) is 1. The fourth-order valence-electron chi connectivity index (χ4n) is 2.93. The quantitative estimate of drug-likeness (QED) is 0.802. The molecule has 2 aliphatic rings. The van der Waals surface area contributed by atoms with Crippen LogP contribution in [0.3, 0.4) is 0 Å². The van der Waals surface area contributed by atoms with Crippen LogP contribution in [0.15, 0.2) is 12.1 Å². The Kier molecular flexibility index (Phi) is 4.98. The Morgan fingerprint density at radius 3 is 2.48 bits per heavy atom. The van der Waals surface area contributed by atoms with Gasteiger partial charge in [-0.05, 0) is 56.6 Å². The Labute approximate surface area is 137 Å². The van der Waals surface area contributed by atoms with Crippen LogP contribution in [0.5, 0.6) is 5.75 Å². The first kappa shape index (κ1) is 15.5. The van der Waals surface area contributed by atoms with Crippen LogP contribution < -0.4 is 10.1 Å². The average molecular weight is 328 g/mol. The Balaban J connectivity index is 1.71. The van der Waals surface area contributed by atoms with Crippen molar-refractivity contribution in [3.63, 3.8) is 0 Å². The summed E-state index contributed by atoms with van der Waals surface area (Å²) in [4.78, 5) is 0. The van der Waals surface area contributed by atoms with E-state index in [1.54, 1.807) is 6.07 Å². The van der Waals surface area contributed by atoms with E-state index in [2.05, 4.69) is 12.2 Å². The van der Waals surface area contributed by atoms with Gasteiger partial charge < -0.3 is 10.1 Å². The summed E-state index contributed by atoms with van der Waals surface area (Å²) in [5.74, 6) is 1.65. The molecule has 21 heavy (non-hydrogen) atoms. The molecule has 1 N–H and O–H groups in total.